The Balaban J connectivity index is 1.82. The van der Waals surface area contributed by atoms with Crippen molar-refractivity contribution in [1.82, 2.24) is 0 Å². The first-order valence-corrected chi connectivity index (χ1v) is 10.2. The molecule has 0 bridgehead atoms. The zero-order valence-corrected chi connectivity index (χ0v) is 16.8. The van der Waals surface area contributed by atoms with Crippen LogP contribution in [0.4, 0.5) is 11.4 Å². The second kappa shape index (κ2) is 10.2. The van der Waals surface area contributed by atoms with Gasteiger partial charge in [-0.05, 0) is 55.0 Å². The van der Waals surface area contributed by atoms with Crippen molar-refractivity contribution in [3.63, 3.8) is 0 Å². The Hall–Kier alpha value is -3.38. The van der Waals surface area contributed by atoms with Crippen LogP contribution in [0.2, 0.25) is 0 Å². The molecule has 0 aromatic heterocycles. The summed E-state index contributed by atoms with van der Waals surface area (Å²) in [6, 6.07) is 27.0. The van der Waals surface area contributed by atoms with Crippen LogP contribution in [0, 0.1) is 11.3 Å². The van der Waals surface area contributed by atoms with Crippen molar-refractivity contribution in [2.24, 2.45) is 0 Å². The monoisotopic (exact) mass is 382 g/mol. The molecule has 146 valence electrons. The first-order valence-electron chi connectivity index (χ1n) is 10.2. The van der Waals surface area contributed by atoms with Crippen LogP contribution in [0.3, 0.4) is 0 Å². The van der Waals surface area contributed by atoms with Gasteiger partial charge in [0.25, 0.3) is 0 Å². The van der Waals surface area contributed by atoms with Crippen molar-refractivity contribution < 1.29 is 4.79 Å². The van der Waals surface area contributed by atoms with Crippen LogP contribution in [0.15, 0.2) is 78.9 Å². The van der Waals surface area contributed by atoms with E-state index in [1.54, 1.807) is 0 Å². The SMILES string of the molecule is CCCCCCN(c1ccc(C#N)cc1)c1ccc(C(=O)c2ccccc2)cc1. The molecule has 3 nitrogen and oxygen atoms in total. The van der Waals surface area contributed by atoms with Gasteiger partial charge in [-0.15, -0.1) is 0 Å². The lowest BCUT2D eigenvalue weighted by Gasteiger charge is -2.25. The summed E-state index contributed by atoms with van der Waals surface area (Å²) >= 11 is 0. The largest absolute Gasteiger partial charge is 0.341 e. The van der Waals surface area contributed by atoms with Gasteiger partial charge in [0.15, 0.2) is 5.78 Å². The molecule has 0 aliphatic rings. The van der Waals surface area contributed by atoms with E-state index in [4.69, 9.17) is 5.26 Å². The van der Waals surface area contributed by atoms with Crippen molar-refractivity contribution in [3.05, 3.63) is 95.6 Å². The fourth-order valence-electron chi connectivity index (χ4n) is 3.37. The zero-order chi connectivity index (χ0) is 20.5. The first kappa shape index (κ1) is 20.4. The molecule has 0 saturated carbocycles. The summed E-state index contributed by atoms with van der Waals surface area (Å²) in [5.41, 5.74) is 4.15. The minimum absolute atomic E-state index is 0.0324. The molecule has 3 heteroatoms. The van der Waals surface area contributed by atoms with E-state index in [2.05, 4.69) is 17.9 Å². The summed E-state index contributed by atoms with van der Waals surface area (Å²) in [5, 5.41) is 9.07. The quantitative estimate of drug-likeness (QED) is 0.313. The van der Waals surface area contributed by atoms with Gasteiger partial charge in [0, 0.05) is 29.0 Å². The van der Waals surface area contributed by atoms with Gasteiger partial charge in [-0.25, -0.2) is 0 Å². The van der Waals surface area contributed by atoms with Gasteiger partial charge in [0.2, 0.25) is 0 Å². The molecule has 3 rings (SSSR count). The molecule has 3 aromatic rings. The van der Waals surface area contributed by atoms with Crippen LogP contribution in [0.1, 0.15) is 54.1 Å². The third-order valence-electron chi connectivity index (χ3n) is 5.02. The Labute approximate surface area is 173 Å². The third-order valence-corrected chi connectivity index (χ3v) is 5.02. The number of carbonyl (C=O) groups is 1. The van der Waals surface area contributed by atoms with Gasteiger partial charge in [0.05, 0.1) is 11.6 Å². The third kappa shape index (κ3) is 5.33. The number of rotatable bonds is 9. The number of benzene rings is 3. The molecule has 0 saturated heterocycles. The molecule has 0 heterocycles. The van der Waals surface area contributed by atoms with E-state index in [0.29, 0.717) is 16.7 Å². The number of unbranched alkanes of at least 4 members (excludes halogenated alkanes) is 3. The predicted molar refractivity (Wildman–Crippen MR) is 119 cm³/mol. The molecule has 0 N–H and O–H groups in total. The summed E-state index contributed by atoms with van der Waals surface area (Å²) in [6.07, 6.45) is 4.71. The number of nitrogens with zero attached hydrogens (tertiary/aromatic N) is 2. The maximum absolute atomic E-state index is 12.7. The summed E-state index contributed by atoms with van der Waals surface area (Å²) in [5.74, 6) is 0.0324. The fraction of sp³-hybridized carbons (Fsp3) is 0.231. The van der Waals surface area contributed by atoms with Gasteiger partial charge < -0.3 is 4.90 Å². The van der Waals surface area contributed by atoms with E-state index in [0.717, 1.165) is 24.3 Å². The molecule has 0 atom stereocenters. The van der Waals surface area contributed by atoms with Crippen LogP contribution in [0.25, 0.3) is 0 Å². The van der Waals surface area contributed by atoms with Gasteiger partial charge in [-0.1, -0.05) is 56.5 Å². The van der Waals surface area contributed by atoms with Crippen LogP contribution >= 0.6 is 0 Å². The summed E-state index contributed by atoms with van der Waals surface area (Å²) in [6.45, 7) is 3.11. The van der Waals surface area contributed by atoms with Crippen LogP contribution in [0.5, 0.6) is 0 Å². The maximum atomic E-state index is 12.7. The van der Waals surface area contributed by atoms with Gasteiger partial charge in [-0.2, -0.15) is 5.26 Å². The Kier molecular flexibility index (Phi) is 7.19. The van der Waals surface area contributed by atoms with E-state index in [9.17, 15) is 4.79 Å². The highest BCUT2D eigenvalue weighted by molar-refractivity contribution is 6.09. The lowest BCUT2D eigenvalue weighted by molar-refractivity contribution is 0.103. The minimum Gasteiger partial charge on any atom is -0.341 e. The van der Waals surface area contributed by atoms with Crippen molar-refractivity contribution in [2.45, 2.75) is 32.6 Å². The molecule has 0 spiro atoms. The predicted octanol–water partition coefficient (Wildman–Crippen LogP) is 6.51. The normalized spacial score (nSPS) is 10.3. The minimum atomic E-state index is 0.0324. The Morgan fingerprint density at radius 2 is 1.38 bits per heavy atom. The fourth-order valence-corrected chi connectivity index (χ4v) is 3.37. The highest BCUT2D eigenvalue weighted by Crippen LogP contribution is 2.27. The molecule has 29 heavy (non-hydrogen) atoms. The van der Waals surface area contributed by atoms with Crippen LogP contribution in [-0.2, 0) is 0 Å². The Bertz CT molecular complexity index is 954. The smallest absolute Gasteiger partial charge is 0.193 e. The molecule has 0 unspecified atom stereocenters. The van der Waals surface area contributed by atoms with Crippen molar-refractivity contribution in [1.29, 1.82) is 5.26 Å². The maximum Gasteiger partial charge on any atom is 0.193 e. The van der Waals surface area contributed by atoms with Crippen LogP contribution < -0.4 is 4.90 Å². The molecule has 0 fully saturated rings. The Morgan fingerprint density at radius 1 is 0.793 bits per heavy atom. The molecular formula is C26H26N2O. The average Bonchev–Trinajstić information content (AvgIpc) is 2.80. The van der Waals surface area contributed by atoms with Crippen molar-refractivity contribution >= 4 is 17.2 Å². The van der Waals surface area contributed by atoms with Gasteiger partial charge in [-0.3, -0.25) is 4.79 Å². The number of nitriles is 1. The van der Waals surface area contributed by atoms with E-state index in [1.807, 2.05) is 78.9 Å². The molecule has 0 aliphatic carbocycles. The van der Waals surface area contributed by atoms with E-state index < -0.39 is 0 Å². The number of anilines is 2. The van der Waals surface area contributed by atoms with Gasteiger partial charge in [0.1, 0.15) is 0 Å². The second-order valence-electron chi connectivity index (χ2n) is 7.11. The van der Waals surface area contributed by atoms with E-state index in [1.165, 1.54) is 19.3 Å². The number of hydrogen-bond acceptors (Lipinski definition) is 3. The lowest BCUT2D eigenvalue weighted by atomic mass is 10.0. The topological polar surface area (TPSA) is 44.1 Å². The average molecular weight is 383 g/mol. The van der Waals surface area contributed by atoms with Gasteiger partial charge >= 0.3 is 0 Å². The molecule has 0 radical (unpaired) electrons. The summed E-state index contributed by atoms with van der Waals surface area (Å²) in [7, 11) is 0. The second-order valence-corrected chi connectivity index (χ2v) is 7.11. The highest BCUT2D eigenvalue weighted by atomic mass is 16.1. The van der Waals surface area contributed by atoms with Crippen LogP contribution in [-0.4, -0.2) is 12.3 Å². The standard InChI is InChI=1S/C26H26N2O/c1-2-3-4-8-19-28(24-15-11-21(20-27)12-16-24)25-17-13-23(14-18-25)26(29)22-9-6-5-7-10-22/h5-7,9-18H,2-4,8,19H2,1H3. The number of ketones is 1. The van der Waals surface area contributed by atoms with E-state index in [-0.39, 0.29) is 5.78 Å². The molecular weight excluding hydrogens is 356 g/mol. The highest BCUT2D eigenvalue weighted by Gasteiger charge is 2.12. The molecule has 0 aliphatic heterocycles. The number of hydrogen-bond donors (Lipinski definition) is 0. The number of carbonyl (C=O) groups excluding carboxylic acids is 1. The van der Waals surface area contributed by atoms with E-state index >= 15 is 0 Å². The Morgan fingerprint density at radius 3 is 1.97 bits per heavy atom. The zero-order valence-electron chi connectivity index (χ0n) is 16.8. The first-order chi connectivity index (χ1) is 14.2. The molecule has 3 aromatic carbocycles. The molecule has 0 amide bonds. The van der Waals surface area contributed by atoms with Crippen molar-refractivity contribution in [2.75, 3.05) is 11.4 Å². The summed E-state index contributed by atoms with van der Waals surface area (Å²) < 4.78 is 0. The lowest BCUT2D eigenvalue weighted by Crippen LogP contribution is -2.18. The van der Waals surface area contributed by atoms with Crippen molar-refractivity contribution in [3.8, 4) is 6.07 Å². The summed E-state index contributed by atoms with van der Waals surface area (Å²) in [4.78, 5) is 14.9.